The fraction of sp³-hybridized carbons (Fsp3) is 0. The predicted molar refractivity (Wildman–Crippen MR) is 71.1 cm³/mol. The molecular formula is C15H8ClFO2. The van der Waals surface area contributed by atoms with Crippen LogP contribution in [-0.2, 0) is 4.74 Å². The van der Waals surface area contributed by atoms with Gasteiger partial charge in [0.2, 0.25) is 0 Å². The van der Waals surface area contributed by atoms with Gasteiger partial charge in [-0.3, -0.25) is 0 Å². The first kappa shape index (κ1) is 11.9. The SMILES string of the molecule is O=C1OC(=Cc2ccc(F)cc2)c2ccc(Cl)cc21. The first-order valence-corrected chi connectivity index (χ1v) is 6.01. The summed E-state index contributed by atoms with van der Waals surface area (Å²) in [5.74, 6) is -0.285. The molecule has 0 N–H and O–H groups in total. The van der Waals surface area contributed by atoms with Gasteiger partial charge in [0, 0.05) is 10.6 Å². The van der Waals surface area contributed by atoms with Gasteiger partial charge in [-0.05, 0) is 42.0 Å². The number of hydrogen-bond acceptors (Lipinski definition) is 2. The Morgan fingerprint density at radius 2 is 1.79 bits per heavy atom. The smallest absolute Gasteiger partial charge is 0.344 e. The van der Waals surface area contributed by atoms with Crippen molar-refractivity contribution < 1.29 is 13.9 Å². The fourth-order valence-corrected chi connectivity index (χ4v) is 2.10. The minimum Gasteiger partial charge on any atom is -0.422 e. The third kappa shape index (κ3) is 2.25. The molecule has 1 aliphatic heterocycles. The van der Waals surface area contributed by atoms with Gasteiger partial charge in [0.15, 0.2) is 0 Å². The number of rotatable bonds is 1. The Labute approximate surface area is 114 Å². The van der Waals surface area contributed by atoms with Crippen molar-refractivity contribution in [1.29, 1.82) is 0 Å². The Morgan fingerprint density at radius 1 is 1.05 bits per heavy atom. The maximum atomic E-state index is 12.8. The van der Waals surface area contributed by atoms with Crippen molar-refractivity contribution in [2.75, 3.05) is 0 Å². The first-order valence-electron chi connectivity index (χ1n) is 5.63. The normalized spacial score (nSPS) is 15.5. The van der Waals surface area contributed by atoms with E-state index in [2.05, 4.69) is 0 Å². The highest BCUT2D eigenvalue weighted by molar-refractivity contribution is 6.31. The molecule has 2 nitrogen and oxygen atoms in total. The molecule has 94 valence electrons. The van der Waals surface area contributed by atoms with Gasteiger partial charge < -0.3 is 4.74 Å². The summed E-state index contributed by atoms with van der Waals surface area (Å²) in [5.41, 5.74) is 1.89. The Kier molecular flexibility index (Phi) is 2.84. The maximum Gasteiger partial charge on any atom is 0.344 e. The second kappa shape index (κ2) is 4.52. The second-order valence-corrected chi connectivity index (χ2v) is 4.58. The molecule has 19 heavy (non-hydrogen) atoms. The number of cyclic esters (lactones) is 1. The van der Waals surface area contributed by atoms with Crippen LogP contribution in [0.4, 0.5) is 4.39 Å². The van der Waals surface area contributed by atoms with E-state index in [1.165, 1.54) is 12.1 Å². The van der Waals surface area contributed by atoms with E-state index in [1.54, 1.807) is 36.4 Å². The standard InChI is InChI=1S/C15H8ClFO2/c16-10-3-6-12-13(8-10)15(18)19-14(12)7-9-1-4-11(17)5-2-9/h1-8H. The predicted octanol–water partition coefficient (Wildman–Crippen LogP) is 4.15. The molecule has 2 aromatic carbocycles. The van der Waals surface area contributed by atoms with Crippen molar-refractivity contribution in [2.45, 2.75) is 0 Å². The average Bonchev–Trinajstić information content (AvgIpc) is 2.69. The molecule has 0 amide bonds. The molecule has 0 saturated heterocycles. The molecule has 0 unspecified atom stereocenters. The van der Waals surface area contributed by atoms with Crippen LogP contribution in [0.25, 0.3) is 11.8 Å². The van der Waals surface area contributed by atoms with Crippen molar-refractivity contribution in [1.82, 2.24) is 0 Å². The van der Waals surface area contributed by atoms with Gasteiger partial charge in [0.25, 0.3) is 0 Å². The topological polar surface area (TPSA) is 26.3 Å². The van der Waals surface area contributed by atoms with Crippen LogP contribution in [-0.4, -0.2) is 5.97 Å². The lowest BCUT2D eigenvalue weighted by atomic mass is 10.1. The third-order valence-electron chi connectivity index (χ3n) is 2.84. The molecule has 2 aromatic rings. The Balaban J connectivity index is 2.05. The zero-order chi connectivity index (χ0) is 13.4. The molecule has 0 saturated carbocycles. The van der Waals surface area contributed by atoms with Gasteiger partial charge in [-0.1, -0.05) is 23.7 Å². The van der Waals surface area contributed by atoms with E-state index >= 15 is 0 Å². The first-order chi connectivity index (χ1) is 9.13. The summed E-state index contributed by atoms with van der Waals surface area (Å²) in [6, 6.07) is 10.9. The molecule has 0 atom stereocenters. The van der Waals surface area contributed by atoms with Gasteiger partial charge in [-0.2, -0.15) is 0 Å². The average molecular weight is 275 g/mol. The summed E-state index contributed by atoms with van der Waals surface area (Å²) in [7, 11) is 0. The van der Waals surface area contributed by atoms with E-state index in [9.17, 15) is 9.18 Å². The summed E-state index contributed by atoms with van der Waals surface area (Å²) >= 11 is 5.85. The van der Waals surface area contributed by atoms with Crippen molar-refractivity contribution in [3.63, 3.8) is 0 Å². The number of carbonyl (C=O) groups is 1. The zero-order valence-corrected chi connectivity index (χ0v) is 10.4. The van der Waals surface area contributed by atoms with Crippen molar-refractivity contribution in [3.8, 4) is 0 Å². The summed E-state index contributed by atoms with van der Waals surface area (Å²) < 4.78 is 18.0. The van der Waals surface area contributed by atoms with Gasteiger partial charge in [0.05, 0.1) is 5.56 Å². The molecule has 0 bridgehead atoms. The van der Waals surface area contributed by atoms with Crippen LogP contribution < -0.4 is 0 Å². The number of esters is 1. The number of hydrogen-bond donors (Lipinski definition) is 0. The van der Waals surface area contributed by atoms with E-state index in [4.69, 9.17) is 16.3 Å². The minimum atomic E-state index is -0.425. The summed E-state index contributed by atoms with van der Waals surface area (Å²) in [5, 5.41) is 0.485. The minimum absolute atomic E-state index is 0.308. The van der Waals surface area contributed by atoms with E-state index in [0.717, 1.165) is 5.56 Å². The highest BCUT2D eigenvalue weighted by Gasteiger charge is 2.26. The van der Waals surface area contributed by atoms with E-state index in [-0.39, 0.29) is 5.82 Å². The number of ether oxygens (including phenoxy) is 1. The largest absolute Gasteiger partial charge is 0.422 e. The van der Waals surface area contributed by atoms with Crippen molar-refractivity contribution >= 4 is 29.4 Å². The molecule has 1 aliphatic rings. The van der Waals surface area contributed by atoms with Crippen LogP contribution >= 0.6 is 11.6 Å². The van der Waals surface area contributed by atoms with Crippen LogP contribution in [0.2, 0.25) is 5.02 Å². The van der Waals surface area contributed by atoms with E-state index in [1.807, 2.05) is 0 Å². The monoisotopic (exact) mass is 274 g/mol. The van der Waals surface area contributed by atoms with Gasteiger partial charge in [-0.25, -0.2) is 9.18 Å². The molecule has 0 aromatic heterocycles. The molecule has 0 aliphatic carbocycles. The van der Waals surface area contributed by atoms with Gasteiger partial charge in [-0.15, -0.1) is 0 Å². The van der Waals surface area contributed by atoms with E-state index in [0.29, 0.717) is 21.9 Å². The molecule has 3 rings (SSSR count). The molecule has 0 fully saturated rings. The second-order valence-electron chi connectivity index (χ2n) is 4.14. The highest BCUT2D eigenvalue weighted by Crippen LogP contribution is 2.32. The highest BCUT2D eigenvalue weighted by atomic mass is 35.5. The molecule has 0 radical (unpaired) electrons. The van der Waals surface area contributed by atoms with Gasteiger partial charge in [0.1, 0.15) is 11.6 Å². The number of halogens is 2. The lowest BCUT2D eigenvalue weighted by molar-refractivity contribution is 0.0717. The fourth-order valence-electron chi connectivity index (χ4n) is 1.93. The molecule has 0 spiro atoms. The molecule has 4 heteroatoms. The molecular weight excluding hydrogens is 267 g/mol. The Hall–Kier alpha value is -2.13. The Bertz CT molecular complexity index is 690. The third-order valence-corrected chi connectivity index (χ3v) is 3.07. The zero-order valence-electron chi connectivity index (χ0n) is 9.69. The van der Waals surface area contributed by atoms with Crippen LogP contribution in [0.3, 0.4) is 0 Å². The van der Waals surface area contributed by atoms with Crippen molar-refractivity contribution in [3.05, 3.63) is 70.0 Å². The molecule has 1 heterocycles. The summed E-state index contributed by atoms with van der Waals surface area (Å²) in [6.45, 7) is 0. The van der Waals surface area contributed by atoms with Crippen molar-refractivity contribution in [2.24, 2.45) is 0 Å². The van der Waals surface area contributed by atoms with Crippen LogP contribution in [0.1, 0.15) is 21.5 Å². The number of benzene rings is 2. The number of fused-ring (bicyclic) bond motifs is 1. The maximum absolute atomic E-state index is 12.8. The van der Waals surface area contributed by atoms with E-state index < -0.39 is 5.97 Å². The number of carbonyl (C=O) groups excluding carboxylic acids is 1. The lowest BCUT2D eigenvalue weighted by Crippen LogP contribution is -1.92. The van der Waals surface area contributed by atoms with Crippen LogP contribution in [0.5, 0.6) is 0 Å². The van der Waals surface area contributed by atoms with Crippen LogP contribution in [0.15, 0.2) is 42.5 Å². The summed E-state index contributed by atoms with van der Waals surface area (Å²) in [6.07, 6.45) is 1.69. The van der Waals surface area contributed by atoms with Gasteiger partial charge >= 0.3 is 5.97 Å². The Morgan fingerprint density at radius 3 is 2.53 bits per heavy atom. The lowest BCUT2D eigenvalue weighted by Gasteiger charge is -1.99. The quantitative estimate of drug-likeness (QED) is 0.730. The summed E-state index contributed by atoms with van der Waals surface area (Å²) in [4.78, 5) is 11.7. The van der Waals surface area contributed by atoms with Crippen LogP contribution in [0, 0.1) is 5.82 Å².